The van der Waals surface area contributed by atoms with Gasteiger partial charge in [-0.05, 0) is 31.0 Å². The first-order chi connectivity index (χ1) is 9.71. The number of alkyl halides is 3. The second kappa shape index (κ2) is 5.48. The summed E-state index contributed by atoms with van der Waals surface area (Å²) in [6.45, 7) is 3.57. The van der Waals surface area contributed by atoms with Crippen LogP contribution < -0.4 is 0 Å². The van der Waals surface area contributed by atoms with Crippen LogP contribution in [0, 0.1) is 19.7 Å². The van der Waals surface area contributed by atoms with Gasteiger partial charge in [0.15, 0.2) is 0 Å². The minimum absolute atomic E-state index is 0.378. The molecule has 0 aliphatic heterocycles. The smallest absolute Gasteiger partial charge is 0.384 e. The number of rotatable bonds is 2. The van der Waals surface area contributed by atoms with Crippen molar-refractivity contribution in [3.8, 4) is 0 Å². The van der Waals surface area contributed by atoms with E-state index in [9.17, 15) is 22.7 Å². The van der Waals surface area contributed by atoms with E-state index in [4.69, 9.17) is 0 Å². The van der Waals surface area contributed by atoms with E-state index in [1.807, 2.05) is 6.92 Å². The van der Waals surface area contributed by atoms with Crippen LogP contribution in [0.5, 0.6) is 0 Å². The van der Waals surface area contributed by atoms with Crippen molar-refractivity contribution < 1.29 is 22.7 Å². The molecule has 112 valence electrons. The van der Waals surface area contributed by atoms with E-state index in [1.54, 1.807) is 25.1 Å². The Morgan fingerprint density at radius 1 is 1.00 bits per heavy atom. The fourth-order valence-electron chi connectivity index (χ4n) is 2.28. The summed E-state index contributed by atoms with van der Waals surface area (Å²) in [6, 6.07) is 8.01. The summed E-state index contributed by atoms with van der Waals surface area (Å²) in [6.07, 6.45) is -6.23. The third kappa shape index (κ3) is 3.08. The van der Waals surface area contributed by atoms with Crippen molar-refractivity contribution >= 4 is 0 Å². The molecular weight excluding hydrogens is 284 g/mol. The maximum absolute atomic E-state index is 14.0. The molecule has 0 saturated carbocycles. The van der Waals surface area contributed by atoms with Gasteiger partial charge in [-0.1, -0.05) is 35.9 Å². The summed E-state index contributed by atoms with van der Waals surface area (Å²) in [5, 5.41) is 10.2. The highest BCUT2D eigenvalue weighted by molar-refractivity contribution is 5.39. The third-order valence-corrected chi connectivity index (χ3v) is 3.35. The van der Waals surface area contributed by atoms with Gasteiger partial charge in [-0.15, -0.1) is 0 Å². The Labute approximate surface area is 119 Å². The molecule has 0 spiro atoms. The van der Waals surface area contributed by atoms with Crippen LogP contribution in [0.1, 0.15) is 33.9 Å². The maximum atomic E-state index is 14.0. The number of aryl methyl sites for hydroxylation is 2. The summed E-state index contributed by atoms with van der Waals surface area (Å²) in [4.78, 5) is 0. The SMILES string of the molecule is Cc1ccc(C(O)c2cccc(C(F)(F)F)c2F)c(C)c1. The van der Waals surface area contributed by atoms with Crippen LogP contribution in [0.25, 0.3) is 0 Å². The van der Waals surface area contributed by atoms with Gasteiger partial charge in [0.2, 0.25) is 0 Å². The lowest BCUT2D eigenvalue weighted by atomic mass is 9.94. The normalized spacial score (nSPS) is 13.3. The predicted octanol–water partition coefficient (Wildman–Crippen LogP) is 4.54. The molecule has 0 fully saturated rings. The monoisotopic (exact) mass is 298 g/mol. The topological polar surface area (TPSA) is 20.2 Å². The van der Waals surface area contributed by atoms with Gasteiger partial charge < -0.3 is 5.11 Å². The molecule has 21 heavy (non-hydrogen) atoms. The van der Waals surface area contributed by atoms with Crippen LogP contribution in [0.2, 0.25) is 0 Å². The minimum Gasteiger partial charge on any atom is -0.384 e. The van der Waals surface area contributed by atoms with Crippen molar-refractivity contribution in [2.45, 2.75) is 26.1 Å². The average Bonchev–Trinajstić information content (AvgIpc) is 2.37. The molecule has 2 aromatic carbocycles. The van der Waals surface area contributed by atoms with Crippen LogP contribution in [0.15, 0.2) is 36.4 Å². The van der Waals surface area contributed by atoms with Crippen LogP contribution in [-0.2, 0) is 6.18 Å². The van der Waals surface area contributed by atoms with Gasteiger partial charge in [0.25, 0.3) is 0 Å². The molecular formula is C16H14F4O. The number of benzene rings is 2. The Kier molecular flexibility index (Phi) is 4.05. The fourth-order valence-corrected chi connectivity index (χ4v) is 2.28. The standard InChI is InChI=1S/C16H14F4O/c1-9-6-7-11(10(2)8-9)15(21)12-4-3-5-13(14(12)17)16(18,19)20/h3-8,15,21H,1-2H3. The zero-order valence-corrected chi connectivity index (χ0v) is 11.5. The number of aliphatic hydroxyl groups excluding tert-OH is 1. The molecule has 5 heteroatoms. The molecule has 0 radical (unpaired) electrons. The zero-order chi connectivity index (χ0) is 15.8. The van der Waals surface area contributed by atoms with Gasteiger partial charge in [0.05, 0.1) is 5.56 Å². The number of aliphatic hydroxyl groups is 1. The van der Waals surface area contributed by atoms with Crippen molar-refractivity contribution in [3.05, 3.63) is 70.0 Å². The molecule has 1 unspecified atom stereocenters. The summed E-state index contributed by atoms with van der Waals surface area (Å²) in [7, 11) is 0. The Morgan fingerprint density at radius 3 is 2.24 bits per heavy atom. The molecule has 0 bridgehead atoms. The van der Waals surface area contributed by atoms with E-state index in [2.05, 4.69) is 0 Å². The van der Waals surface area contributed by atoms with Crippen molar-refractivity contribution in [1.82, 2.24) is 0 Å². The van der Waals surface area contributed by atoms with Gasteiger partial charge in [0.1, 0.15) is 11.9 Å². The minimum atomic E-state index is -4.79. The van der Waals surface area contributed by atoms with E-state index in [1.165, 1.54) is 0 Å². The number of hydrogen-bond acceptors (Lipinski definition) is 1. The zero-order valence-electron chi connectivity index (χ0n) is 11.5. The predicted molar refractivity (Wildman–Crippen MR) is 71.4 cm³/mol. The quantitative estimate of drug-likeness (QED) is 0.807. The van der Waals surface area contributed by atoms with E-state index < -0.39 is 23.7 Å². The second-order valence-corrected chi connectivity index (χ2v) is 4.97. The van der Waals surface area contributed by atoms with E-state index in [0.29, 0.717) is 17.2 Å². The lowest BCUT2D eigenvalue weighted by Crippen LogP contribution is -2.12. The third-order valence-electron chi connectivity index (χ3n) is 3.35. The van der Waals surface area contributed by atoms with Crippen LogP contribution >= 0.6 is 0 Å². The van der Waals surface area contributed by atoms with E-state index in [-0.39, 0.29) is 5.56 Å². The van der Waals surface area contributed by atoms with Gasteiger partial charge in [0, 0.05) is 5.56 Å². The molecule has 0 heterocycles. The van der Waals surface area contributed by atoms with E-state index in [0.717, 1.165) is 17.7 Å². The van der Waals surface area contributed by atoms with Crippen LogP contribution in [0.4, 0.5) is 17.6 Å². The first-order valence-electron chi connectivity index (χ1n) is 6.32. The summed E-state index contributed by atoms with van der Waals surface area (Å²) >= 11 is 0. The largest absolute Gasteiger partial charge is 0.419 e. The van der Waals surface area contributed by atoms with Crippen LogP contribution in [0.3, 0.4) is 0 Å². The lowest BCUT2D eigenvalue weighted by Gasteiger charge is -2.17. The van der Waals surface area contributed by atoms with Gasteiger partial charge in [-0.3, -0.25) is 0 Å². The maximum Gasteiger partial charge on any atom is 0.419 e. The molecule has 1 atom stereocenters. The highest BCUT2D eigenvalue weighted by Gasteiger charge is 2.35. The number of halogens is 4. The van der Waals surface area contributed by atoms with Crippen molar-refractivity contribution in [1.29, 1.82) is 0 Å². The fraction of sp³-hybridized carbons (Fsp3) is 0.250. The molecule has 0 saturated heterocycles. The van der Waals surface area contributed by atoms with Gasteiger partial charge in [-0.2, -0.15) is 13.2 Å². The molecule has 0 aliphatic rings. The molecule has 1 nitrogen and oxygen atoms in total. The summed E-state index contributed by atoms with van der Waals surface area (Å²) in [5.74, 6) is -1.43. The second-order valence-electron chi connectivity index (χ2n) is 4.97. The van der Waals surface area contributed by atoms with Crippen molar-refractivity contribution in [2.24, 2.45) is 0 Å². The molecule has 0 amide bonds. The molecule has 1 N–H and O–H groups in total. The summed E-state index contributed by atoms with van der Waals surface area (Å²) in [5.41, 5.74) is 0.284. The molecule has 2 rings (SSSR count). The molecule has 0 aromatic heterocycles. The van der Waals surface area contributed by atoms with Crippen molar-refractivity contribution in [2.75, 3.05) is 0 Å². The molecule has 0 aliphatic carbocycles. The van der Waals surface area contributed by atoms with Crippen molar-refractivity contribution in [3.63, 3.8) is 0 Å². The Morgan fingerprint density at radius 2 is 1.67 bits per heavy atom. The van der Waals surface area contributed by atoms with Crippen LogP contribution in [-0.4, -0.2) is 5.11 Å². The Balaban J connectivity index is 2.51. The van der Waals surface area contributed by atoms with Gasteiger partial charge >= 0.3 is 6.18 Å². The Bertz CT molecular complexity index is 662. The van der Waals surface area contributed by atoms with Gasteiger partial charge in [-0.25, -0.2) is 4.39 Å². The highest BCUT2D eigenvalue weighted by atomic mass is 19.4. The first-order valence-corrected chi connectivity index (χ1v) is 6.32. The molecule has 2 aromatic rings. The average molecular weight is 298 g/mol. The number of hydrogen-bond donors (Lipinski definition) is 1. The summed E-state index contributed by atoms with van der Waals surface area (Å²) < 4.78 is 52.2. The lowest BCUT2D eigenvalue weighted by molar-refractivity contribution is -0.140. The van der Waals surface area contributed by atoms with E-state index >= 15 is 0 Å². The first kappa shape index (κ1) is 15.5. The Hall–Kier alpha value is -1.88. The highest BCUT2D eigenvalue weighted by Crippen LogP contribution is 2.35.